The van der Waals surface area contributed by atoms with Crippen LogP contribution in [-0.2, 0) is 4.43 Å². The van der Waals surface area contributed by atoms with Gasteiger partial charge in [0.1, 0.15) is 4.84 Å². The third kappa shape index (κ3) is 9.11. The third-order valence-corrected chi connectivity index (χ3v) is 2.82. The van der Waals surface area contributed by atoms with Gasteiger partial charge in [0, 0.05) is 0 Å². The van der Waals surface area contributed by atoms with Crippen molar-refractivity contribution in [3.63, 3.8) is 0 Å². The molecule has 0 amide bonds. The first kappa shape index (κ1) is 11.1. The fraction of sp³-hybridized carbons (Fsp3) is 1.00. The van der Waals surface area contributed by atoms with E-state index in [1.165, 1.54) is 6.04 Å². The molecule has 10 heavy (non-hydrogen) atoms. The Hall–Kier alpha value is 1.11. The van der Waals surface area contributed by atoms with Crippen molar-refractivity contribution in [1.29, 1.82) is 0 Å². The molecule has 0 aliphatic rings. The first-order chi connectivity index (χ1) is 4.77. The molecule has 0 fully saturated rings. The van der Waals surface area contributed by atoms with Crippen LogP contribution >= 0.6 is 35.8 Å². The molecule has 0 aromatic rings. The van der Waals surface area contributed by atoms with Crippen molar-refractivity contribution >= 4 is 45.6 Å². The quantitative estimate of drug-likeness (QED) is 0.309. The molecule has 0 spiro atoms. The van der Waals surface area contributed by atoms with Gasteiger partial charge in [-0.2, -0.15) is 12.6 Å². The maximum Gasteiger partial charge on any atom is 0.161 e. The van der Waals surface area contributed by atoms with E-state index in [-0.39, 0.29) is 14.6 Å². The number of alkyl halides is 2. The molecule has 0 saturated heterocycles. The number of thiol groups is 1. The van der Waals surface area contributed by atoms with Crippen LogP contribution in [0.25, 0.3) is 0 Å². The third-order valence-electron chi connectivity index (χ3n) is 0.941. The van der Waals surface area contributed by atoms with Crippen LogP contribution in [0.1, 0.15) is 6.42 Å². The fourth-order valence-corrected chi connectivity index (χ4v) is 2.67. The second kappa shape index (κ2) is 8.21. The van der Waals surface area contributed by atoms with Gasteiger partial charge in [-0.3, -0.25) is 0 Å². The summed E-state index contributed by atoms with van der Waals surface area (Å²) in [7, 11) is -0.360. The normalized spacial score (nSPS) is 12.0. The highest BCUT2D eigenvalue weighted by molar-refractivity contribution is 7.80. The zero-order valence-electron chi connectivity index (χ0n) is 5.72. The van der Waals surface area contributed by atoms with E-state index in [0.717, 1.165) is 12.2 Å². The summed E-state index contributed by atoms with van der Waals surface area (Å²) >= 11 is 15.0. The zero-order valence-corrected chi connectivity index (χ0v) is 9.54. The summed E-state index contributed by atoms with van der Waals surface area (Å²) in [6.07, 6.45) is 1.14. The minimum absolute atomic E-state index is 0.358. The molecule has 62 valence electrons. The molecular formula is C5H12Cl2OSSi. The average molecular weight is 219 g/mol. The molecule has 0 rings (SSSR count). The topological polar surface area (TPSA) is 9.23 Å². The second-order valence-corrected chi connectivity index (χ2v) is 5.14. The van der Waals surface area contributed by atoms with Crippen molar-refractivity contribution in [2.24, 2.45) is 0 Å². The predicted octanol–water partition coefficient (Wildman–Crippen LogP) is 1.63. The molecule has 0 aliphatic carbocycles. The number of rotatable bonds is 6. The van der Waals surface area contributed by atoms with Crippen molar-refractivity contribution < 1.29 is 4.43 Å². The number of halogens is 2. The fourth-order valence-electron chi connectivity index (χ4n) is 0.488. The molecule has 0 aromatic carbocycles. The molecule has 1 nitrogen and oxygen atoms in total. The lowest BCUT2D eigenvalue weighted by molar-refractivity contribution is 0.353. The van der Waals surface area contributed by atoms with Gasteiger partial charge < -0.3 is 4.43 Å². The summed E-state index contributed by atoms with van der Waals surface area (Å²) in [6, 6.07) is 1.17. The van der Waals surface area contributed by atoms with Crippen molar-refractivity contribution in [2.75, 3.05) is 12.4 Å². The van der Waals surface area contributed by atoms with E-state index in [1.807, 2.05) is 0 Å². The SMILES string of the molecule is SCCC[SiH2]OCC(Cl)Cl. The molecule has 0 atom stereocenters. The first-order valence-corrected chi connectivity index (χ1v) is 6.32. The summed E-state index contributed by atoms with van der Waals surface area (Å²) in [5.74, 6) is 0.946. The smallest absolute Gasteiger partial charge is 0.161 e. The minimum atomic E-state index is -0.360. The van der Waals surface area contributed by atoms with Gasteiger partial charge in [-0.25, -0.2) is 0 Å². The van der Waals surface area contributed by atoms with Gasteiger partial charge in [-0.1, -0.05) is 0 Å². The molecule has 0 radical (unpaired) electrons. The van der Waals surface area contributed by atoms with Gasteiger partial charge >= 0.3 is 0 Å². The Morgan fingerprint density at radius 3 is 2.70 bits per heavy atom. The predicted molar refractivity (Wildman–Crippen MR) is 53.3 cm³/mol. The van der Waals surface area contributed by atoms with E-state index in [0.29, 0.717) is 6.61 Å². The van der Waals surface area contributed by atoms with Gasteiger partial charge in [0.15, 0.2) is 9.76 Å². The largest absolute Gasteiger partial charge is 0.421 e. The Morgan fingerprint density at radius 2 is 2.20 bits per heavy atom. The highest BCUT2D eigenvalue weighted by Crippen LogP contribution is 2.01. The number of hydrogen-bond acceptors (Lipinski definition) is 2. The van der Waals surface area contributed by atoms with E-state index in [9.17, 15) is 0 Å². The standard InChI is InChI=1S/C5H12Cl2OSSi/c6-5(7)4-8-10-3-1-2-9/h5,9H,1-4,10H2. The van der Waals surface area contributed by atoms with Crippen LogP contribution in [-0.4, -0.2) is 27.0 Å². The van der Waals surface area contributed by atoms with Crippen LogP contribution in [0.5, 0.6) is 0 Å². The molecule has 0 saturated carbocycles. The highest BCUT2D eigenvalue weighted by Gasteiger charge is 1.96. The number of hydrogen-bond donors (Lipinski definition) is 1. The van der Waals surface area contributed by atoms with Gasteiger partial charge in [0.25, 0.3) is 0 Å². The van der Waals surface area contributed by atoms with Crippen LogP contribution in [0.2, 0.25) is 6.04 Å². The Labute approximate surface area is 79.8 Å². The van der Waals surface area contributed by atoms with Crippen LogP contribution in [0.3, 0.4) is 0 Å². The van der Waals surface area contributed by atoms with Gasteiger partial charge in [-0.15, -0.1) is 23.2 Å². The summed E-state index contributed by atoms with van der Waals surface area (Å²) in [5, 5.41) is 0. The van der Waals surface area contributed by atoms with Crippen LogP contribution in [0.15, 0.2) is 0 Å². The summed E-state index contributed by atoms with van der Waals surface area (Å²) in [6.45, 7) is 0.488. The molecule has 0 aliphatic heterocycles. The molecule has 0 unspecified atom stereocenters. The Kier molecular flexibility index (Phi) is 9.11. The van der Waals surface area contributed by atoms with Crippen molar-refractivity contribution in [3.8, 4) is 0 Å². The van der Waals surface area contributed by atoms with Crippen molar-refractivity contribution in [2.45, 2.75) is 17.3 Å². The lowest BCUT2D eigenvalue weighted by Gasteiger charge is -2.02. The monoisotopic (exact) mass is 218 g/mol. The van der Waals surface area contributed by atoms with Crippen molar-refractivity contribution in [1.82, 2.24) is 0 Å². The molecule has 0 heterocycles. The Balaban J connectivity index is 2.77. The molecule has 0 aromatic heterocycles. The van der Waals surface area contributed by atoms with Crippen LogP contribution in [0, 0.1) is 0 Å². The van der Waals surface area contributed by atoms with E-state index in [4.69, 9.17) is 27.6 Å². The van der Waals surface area contributed by atoms with E-state index in [2.05, 4.69) is 12.6 Å². The van der Waals surface area contributed by atoms with Crippen molar-refractivity contribution in [3.05, 3.63) is 0 Å². The van der Waals surface area contributed by atoms with E-state index in [1.54, 1.807) is 0 Å². The van der Waals surface area contributed by atoms with E-state index >= 15 is 0 Å². The van der Waals surface area contributed by atoms with Gasteiger partial charge in [0.05, 0.1) is 6.61 Å². The van der Waals surface area contributed by atoms with Crippen LogP contribution in [0.4, 0.5) is 0 Å². The van der Waals surface area contributed by atoms with Crippen LogP contribution < -0.4 is 0 Å². The molecule has 5 heteroatoms. The first-order valence-electron chi connectivity index (χ1n) is 3.24. The van der Waals surface area contributed by atoms with E-state index < -0.39 is 0 Å². The lowest BCUT2D eigenvalue weighted by Crippen LogP contribution is -2.05. The zero-order chi connectivity index (χ0) is 7.82. The Morgan fingerprint density at radius 1 is 1.50 bits per heavy atom. The summed E-state index contributed by atoms with van der Waals surface area (Å²) < 4.78 is 5.24. The Bertz CT molecular complexity index is 74.7. The molecule has 0 N–H and O–H groups in total. The van der Waals surface area contributed by atoms with Gasteiger partial charge in [0.2, 0.25) is 0 Å². The average Bonchev–Trinajstić information content (AvgIpc) is 1.87. The maximum atomic E-state index is 5.44. The summed E-state index contributed by atoms with van der Waals surface area (Å²) in [5.41, 5.74) is 0. The highest BCUT2D eigenvalue weighted by atomic mass is 35.5. The van der Waals surface area contributed by atoms with Gasteiger partial charge in [-0.05, 0) is 18.2 Å². The lowest BCUT2D eigenvalue weighted by atomic mass is 10.6. The molecule has 0 bridgehead atoms. The summed E-state index contributed by atoms with van der Waals surface area (Å²) in [4.78, 5) is -0.358. The maximum absolute atomic E-state index is 5.44. The molecular weight excluding hydrogens is 207 g/mol. The minimum Gasteiger partial charge on any atom is -0.421 e. The second-order valence-electron chi connectivity index (χ2n) is 1.90.